The Labute approximate surface area is 90.9 Å². The van der Waals surface area contributed by atoms with Gasteiger partial charge in [-0.25, -0.2) is 0 Å². The third kappa shape index (κ3) is 1.63. The Bertz CT molecular complexity index is 373. The minimum absolute atomic E-state index is 0.421. The average Bonchev–Trinajstić information content (AvgIpc) is 2.92. The van der Waals surface area contributed by atoms with Gasteiger partial charge < -0.3 is 9.84 Å². The maximum Gasteiger partial charge on any atom is 0.122 e. The predicted octanol–water partition coefficient (Wildman–Crippen LogP) is 2.62. The monoisotopic (exact) mass is 206 g/mol. The fraction of sp³-hybridized carbons (Fsp3) is 0.538. The maximum absolute atomic E-state index is 10.3. The summed E-state index contributed by atoms with van der Waals surface area (Å²) >= 11 is 0. The van der Waals surface area contributed by atoms with Gasteiger partial charge in [0.2, 0.25) is 0 Å². The first kappa shape index (κ1) is 10.5. The van der Waals surface area contributed by atoms with E-state index < -0.39 is 5.60 Å². The van der Waals surface area contributed by atoms with Crippen molar-refractivity contribution in [2.45, 2.75) is 32.3 Å². The fourth-order valence-corrected chi connectivity index (χ4v) is 2.24. The van der Waals surface area contributed by atoms with Crippen molar-refractivity contribution in [3.05, 3.63) is 29.3 Å². The molecule has 0 aliphatic heterocycles. The Morgan fingerprint density at radius 2 is 2.27 bits per heavy atom. The normalized spacial score (nSPS) is 28.9. The molecule has 82 valence electrons. The largest absolute Gasteiger partial charge is 0.496 e. The number of ether oxygens (including phenoxy) is 1. The number of aliphatic hydroxyl groups is 1. The van der Waals surface area contributed by atoms with Gasteiger partial charge >= 0.3 is 0 Å². The van der Waals surface area contributed by atoms with Crippen LogP contribution in [0.5, 0.6) is 5.75 Å². The van der Waals surface area contributed by atoms with Crippen LogP contribution in [0.15, 0.2) is 18.2 Å². The van der Waals surface area contributed by atoms with Crippen LogP contribution >= 0.6 is 0 Å². The Kier molecular flexibility index (Phi) is 2.47. The summed E-state index contributed by atoms with van der Waals surface area (Å²) in [6.45, 7) is 4.13. The fourth-order valence-electron chi connectivity index (χ4n) is 2.24. The number of hydrogen-bond donors (Lipinski definition) is 1. The molecular weight excluding hydrogens is 188 g/mol. The quantitative estimate of drug-likeness (QED) is 0.823. The Morgan fingerprint density at radius 3 is 2.80 bits per heavy atom. The van der Waals surface area contributed by atoms with Crippen molar-refractivity contribution in [2.75, 3.05) is 7.11 Å². The molecule has 0 radical (unpaired) electrons. The SMILES string of the molecule is CCC1CC1(O)c1ccc(C)c(OC)c1. The van der Waals surface area contributed by atoms with Crippen LogP contribution in [0.1, 0.15) is 30.9 Å². The minimum atomic E-state index is -0.588. The summed E-state index contributed by atoms with van der Waals surface area (Å²) in [5, 5.41) is 10.3. The zero-order valence-corrected chi connectivity index (χ0v) is 9.58. The Balaban J connectivity index is 2.31. The predicted molar refractivity (Wildman–Crippen MR) is 60.0 cm³/mol. The highest BCUT2D eigenvalue weighted by atomic mass is 16.5. The van der Waals surface area contributed by atoms with Crippen molar-refractivity contribution in [1.29, 1.82) is 0 Å². The Morgan fingerprint density at radius 1 is 1.53 bits per heavy atom. The van der Waals surface area contributed by atoms with E-state index in [2.05, 4.69) is 6.92 Å². The van der Waals surface area contributed by atoms with E-state index in [0.29, 0.717) is 5.92 Å². The van der Waals surface area contributed by atoms with Gasteiger partial charge in [0.15, 0.2) is 0 Å². The van der Waals surface area contributed by atoms with Gasteiger partial charge in [0, 0.05) is 0 Å². The van der Waals surface area contributed by atoms with Crippen molar-refractivity contribution in [3.8, 4) is 5.75 Å². The highest BCUT2D eigenvalue weighted by molar-refractivity contribution is 5.41. The van der Waals surface area contributed by atoms with Crippen LogP contribution in [0.2, 0.25) is 0 Å². The number of hydrogen-bond acceptors (Lipinski definition) is 2. The van der Waals surface area contributed by atoms with Crippen molar-refractivity contribution < 1.29 is 9.84 Å². The van der Waals surface area contributed by atoms with Crippen LogP contribution in [-0.2, 0) is 5.60 Å². The van der Waals surface area contributed by atoms with E-state index in [1.54, 1.807) is 7.11 Å². The second kappa shape index (κ2) is 3.53. The molecule has 1 fully saturated rings. The summed E-state index contributed by atoms with van der Waals surface area (Å²) in [6, 6.07) is 5.98. The van der Waals surface area contributed by atoms with E-state index >= 15 is 0 Å². The van der Waals surface area contributed by atoms with E-state index in [0.717, 1.165) is 29.7 Å². The number of rotatable bonds is 3. The molecule has 1 aromatic carbocycles. The van der Waals surface area contributed by atoms with E-state index in [-0.39, 0.29) is 0 Å². The molecule has 1 aliphatic rings. The lowest BCUT2D eigenvalue weighted by Crippen LogP contribution is -2.08. The lowest BCUT2D eigenvalue weighted by atomic mass is 10.0. The summed E-state index contributed by atoms with van der Waals surface area (Å²) in [7, 11) is 1.67. The van der Waals surface area contributed by atoms with E-state index in [1.165, 1.54) is 0 Å². The van der Waals surface area contributed by atoms with Crippen LogP contribution in [0.4, 0.5) is 0 Å². The van der Waals surface area contributed by atoms with E-state index in [9.17, 15) is 5.11 Å². The average molecular weight is 206 g/mol. The van der Waals surface area contributed by atoms with Crippen molar-refractivity contribution in [2.24, 2.45) is 5.92 Å². The molecule has 1 saturated carbocycles. The number of aryl methyl sites for hydroxylation is 1. The summed E-state index contributed by atoms with van der Waals surface area (Å²) in [5.74, 6) is 1.28. The first-order chi connectivity index (χ1) is 7.11. The Hall–Kier alpha value is -1.02. The van der Waals surface area contributed by atoms with Crippen LogP contribution in [0.25, 0.3) is 0 Å². The zero-order chi connectivity index (χ0) is 11.1. The minimum Gasteiger partial charge on any atom is -0.496 e. The summed E-state index contributed by atoms with van der Waals surface area (Å²) in [4.78, 5) is 0. The highest BCUT2D eigenvalue weighted by Crippen LogP contribution is 2.54. The smallest absolute Gasteiger partial charge is 0.122 e. The maximum atomic E-state index is 10.3. The highest BCUT2D eigenvalue weighted by Gasteiger charge is 2.52. The molecular formula is C13H18O2. The van der Waals surface area contributed by atoms with Gasteiger partial charge in [0.1, 0.15) is 5.75 Å². The van der Waals surface area contributed by atoms with Crippen LogP contribution in [0.3, 0.4) is 0 Å². The van der Waals surface area contributed by atoms with Gasteiger partial charge in [-0.3, -0.25) is 0 Å². The first-order valence-electron chi connectivity index (χ1n) is 5.49. The second-order valence-electron chi connectivity index (χ2n) is 4.42. The van der Waals surface area contributed by atoms with Gasteiger partial charge in [-0.15, -0.1) is 0 Å². The van der Waals surface area contributed by atoms with Crippen molar-refractivity contribution in [3.63, 3.8) is 0 Å². The number of methoxy groups -OCH3 is 1. The standard InChI is InChI=1S/C13H18O2/c1-4-10-8-13(10,14)11-6-5-9(2)12(7-11)15-3/h5-7,10,14H,4,8H2,1-3H3. The summed E-state index contributed by atoms with van der Waals surface area (Å²) < 4.78 is 5.27. The molecule has 0 heterocycles. The molecule has 1 aliphatic carbocycles. The molecule has 15 heavy (non-hydrogen) atoms. The van der Waals surface area contributed by atoms with Crippen molar-refractivity contribution >= 4 is 0 Å². The van der Waals surface area contributed by atoms with Gasteiger partial charge in [-0.2, -0.15) is 0 Å². The van der Waals surface area contributed by atoms with Gasteiger partial charge in [-0.1, -0.05) is 25.5 Å². The van der Waals surface area contributed by atoms with Crippen LogP contribution in [0, 0.1) is 12.8 Å². The molecule has 0 saturated heterocycles. The number of benzene rings is 1. The van der Waals surface area contributed by atoms with Crippen molar-refractivity contribution in [1.82, 2.24) is 0 Å². The molecule has 1 aromatic rings. The summed E-state index contributed by atoms with van der Waals surface area (Å²) in [5.41, 5.74) is 1.52. The molecule has 1 N–H and O–H groups in total. The molecule has 2 rings (SSSR count). The lowest BCUT2D eigenvalue weighted by molar-refractivity contribution is 0.130. The molecule has 2 heteroatoms. The zero-order valence-electron chi connectivity index (χ0n) is 9.58. The van der Waals surface area contributed by atoms with Crippen LogP contribution in [-0.4, -0.2) is 12.2 Å². The first-order valence-corrected chi connectivity index (χ1v) is 5.49. The molecule has 2 unspecified atom stereocenters. The molecule has 2 nitrogen and oxygen atoms in total. The molecule has 0 aromatic heterocycles. The van der Waals surface area contributed by atoms with Gasteiger partial charge in [-0.05, 0) is 36.5 Å². The summed E-state index contributed by atoms with van der Waals surface area (Å²) in [6.07, 6.45) is 1.92. The molecule has 0 bridgehead atoms. The molecule has 2 atom stereocenters. The van der Waals surface area contributed by atoms with Crippen LogP contribution < -0.4 is 4.74 Å². The van der Waals surface area contributed by atoms with E-state index in [4.69, 9.17) is 4.74 Å². The van der Waals surface area contributed by atoms with Gasteiger partial charge in [0.05, 0.1) is 12.7 Å². The third-order valence-corrected chi connectivity index (χ3v) is 3.47. The molecule has 0 spiro atoms. The van der Waals surface area contributed by atoms with E-state index in [1.807, 2.05) is 25.1 Å². The lowest BCUT2D eigenvalue weighted by Gasteiger charge is -2.13. The second-order valence-corrected chi connectivity index (χ2v) is 4.42. The molecule has 0 amide bonds. The topological polar surface area (TPSA) is 29.5 Å². The third-order valence-electron chi connectivity index (χ3n) is 3.47. The van der Waals surface area contributed by atoms with Gasteiger partial charge in [0.25, 0.3) is 0 Å².